The normalized spacial score (nSPS) is 19.1. The van der Waals surface area contributed by atoms with Crippen LogP contribution < -0.4 is 9.47 Å². The van der Waals surface area contributed by atoms with Gasteiger partial charge in [-0.05, 0) is 42.5 Å². The second kappa shape index (κ2) is 7.06. The van der Waals surface area contributed by atoms with Gasteiger partial charge in [-0.1, -0.05) is 11.6 Å². The molecule has 148 valence electrons. The van der Waals surface area contributed by atoms with E-state index in [-0.39, 0.29) is 30.2 Å². The summed E-state index contributed by atoms with van der Waals surface area (Å²) in [5.74, 6) is 1.09. The van der Waals surface area contributed by atoms with Crippen LogP contribution in [0.1, 0.15) is 29.6 Å². The van der Waals surface area contributed by atoms with E-state index in [0.29, 0.717) is 34.9 Å². The van der Waals surface area contributed by atoms with Crippen molar-refractivity contribution in [2.24, 2.45) is 0 Å². The van der Waals surface area contributed by atoms with E-state index in [2.05, 4.69) is 0 Å². The van der Waals surface area contributed by atoms with Crippen LogP contribution >= 0.6 is 11.6 Å². The SMILES string of the molecule is COc1ccc(S(=O)(=O)N2CCC3(CC2)CC(=O)c2ccc(Cl)cc2O3)cc1. The van der Waals surface area contributed by atoms with Crippen molar-refractivity contribution in [1.82, 2.24) is 4.31 Å². The minimum atomic E-state index is -3.61. The molecule has 4 rings (SSSR count). The molecule has 2 heterocycles. The lowest BCUT2D eigenvalue weighted by Gasteiger charge is -2.43. The first-order valence-corrected chi connectivity index (χ1v) is 10.8. The highest BCUT2D eigenvalue weighted by Gasteiger charge is 2.45. The van der Waals surface area contributed by atoms with Crippen LogP contribution in [0.25, 0.3) is 0 Å². The predicted octanol–water partition coefficient (Wildman–Crippen LogP) is 3.54. The largest absolute Gasteiger partial charge is 0.497 e. The molecule has 6 nitrogen and oxygen atoms in total. The molecule has 28 heavy (non-hydrogen) atoms. The number of ether oxygens (including phenoxy) is 2. The van der Waals surface area contributed by atoms with Crippen molar-refractivity contribution in [3.05, 3.63) is 53.1 Å². The zero-order chi connectivity index (χ0) is 19.9. The number of ketones is 1. The molecule has 1 fully saturated rings. The Morgan fingerprint density at radius 1 is 1.11 bits per heavy atom. The number of piperidine rings is 1. The third-order valence-electron chi connectivity index (χ3n) is 5.38. The van der Waals surface area contributed by atoms with Crippen LogP contribution in [0.3, 0.4) is 0 Å². The predicted molar refractivity (Wildman–Crippen MR) is 105 cm³/mol. The molecular formula is C20H20ClNO5S. The molecule has 0 aliphatic carbocycles. The Labute approximate surface area is 169 Å². The molecule has 2 aromatic carbocycles. The Morgan fingerprint density at radius 3 is 2.43 bits per heavy atom. The Morgan fingerprint density at radius 2 is 1.79 bits per heavy atom. The number of carbonyl (C=O) groups excluding carboxylic acids is 1. The zero-order valence-electron chi connectivity index (χ0n) is 15.4. The van der Waals surface area contributed by atoms with Gasteiger partial charge < -0.3 is 9.47 Å². The number of Topliss-reactive ketones (excluding diaryl/α,β-unsaturated/α-hetero) is 1. The second-order valence-corrected chi connectivity index (χ2v) is 9.48. The molecular weight excluding hydrogens is 402 g/mol. The van der Waals surface area contributed by atoms with Crippen molar-refractivity contribution < 1.29 is 22.7 Å². The molecule has 0 bridgehead atoms. The van der Waals surface area contributed by atoms with E-state index in [0.717, 1.165) is 0 Å². The number of rotatable bonds is 3. The Bertz CT molecular complexity index is 1010. The molecule has 0 saturated carbocycles. The average molecular weight is 422 g/mol. The van der Waals surface area contributed by atoms with E-state index in [4.69, 9.17) is 21.1 Å². The summed E-state index contributed by atoms with van der Waals surface area (Å²) >= 11 is 6.04. The lowest BCUT2D eigenvalue weighted by molar-refractivity contribution is 0.00592. The van der Waals surface area contributed by atoms with Crippen molar-refractivity contribution in [3.63, 3.8) is 0 Å². The minimum Gasteiger partial charge on any atom is -0.497 e. The molecule has 2 aromatic rings. The van der Waals surface area contributed by atoms with Crippen molar-refractivity contribution in [2.45, 2.75) is 29.8 Å². The fourth-order valence-corrected chi connectivity index (χ4v) is 5.38. The van der Waals surface area contributed by atoms with E-state index >= 15 is 0 Å². The summed E-state index contributed by atoms with van der Waals surface area (Å²) in [6, 6.07) is 11.3. The summed E-state index contributed by atoms with van der Waals surface area (Å²) in [5.41, 5.74) is -0.149. The van der Waals surface area contributed by atoms with E-state index in [1.165, 1.54) is 23.5 Å². The number of hydrogen-bond acceptors (Lipinski definition) is 5. The van der Waals surface area contributed by atoms with Crippen LogP contribution in [0, 0.1) is 0 Å². The van der Waals surface area contributed by atoms with Gasteiger partial charge in [0.1, 0.15) is 17.1 Å². The molecule has 0 aromatic heterocycles. The maximum atomic E-state index is 12.9. The van der Waals surface area contributed by atoms with Gasteiger partial charge in [-0.25, -0.2) is 8.42 Å². The monoisotopic (exact) mass is 421 g/mol. The highest BCUT2D eigenvalue weighted by Crippen LogP contribution is 2.41. The number of nitrogens with zero attached hydrogens (tertiary/aromatic N) is 1. The maximum Gasteiger partial charge on any atom is 0.243 e. The van der Waals surface area contributed by atoms with Gasteiger partial charge >= 0.3 is 0 Å². The van der Waals surface area contributed by atoms with Crippen LogP contribution in [0.5, 0.6) is 11.5 Å². The highest BCUT2D eigenvalue weighted by atomic mass is 35.5. The van der Waals surface area contributed by atoms with Gasteiger partial charge in [0.2, 0.25) is 10.0 Å². The molecule has 1 saturated heterocycles. The summed E-state index contributed by atoms with van der Waals surface area (Å²) < 4.78 is 38.5. The van der Waals surface area contributed by atoms with Gasteiger partial charge in [0.05, 0.1) is 24.0 Å². The number of carbonyl (C=O) groups is 1. The number of halogens is 1. The Balaban J connectivity index is 1.52. The Kier molecular flexibility index (Phi) is 4.85. The van der Waals surface area contributed by atoms with Crippen LogP contribution in [-0.2, 0) is 10.0 Å². The van der Waals surface area contributed by atoms with Gasteiger partial charge in [-0.2, -0.15) is 4.31 Å². The van der Waals surface area contributed by atoms with Crippen molar-refractivity contribution in [2.75, 3.05) is 20.2 Å². The number of benzene rings is 2. The molecule has 0 amide bonds. The summed E-state index contributed by atoms with van der Waals surface area (Å²) in [6.07, 6.45) is 1.14. The molecule has 8 heteroatoms. The van der Waals surface area contributed by atoms with Crippen molar-refractivity contribution >= 4 is 27.4 Å². The Hall–Kier alpha value is -2.09. The fraction of sp³-hybridized carbons (Fsp3) is 0.350. The third kappa shape index (κ3) is 3.38. The lowest BCUT2D eigenvalue weighted by Crippen LogP contribution is -2.52. The molecule has 2 aliphatic heterocycles. The van der Waals surface area contributed by atoms with Crippen LogP contribution in [0.15, 0.2) is 47.4 Å². The average Bonchev–Trinajstić information content (AvgIpc) is 2.68. The zero-order valence-corrected chi connectivity index (χ0v) is 16.9. The number of sulfonamides is 1. The number of hydrogen-bond donors (Lipinski definition) is 0. The van der Waals surface area contributed by atoms with Crippen molar-refractivity contribution in [1.29, 1.82) is 0 Å². The first kappa shape index (κ1) is 19.2. The number of fused-ring (bicyclic) bond motifs is 1. The summed E-state index contributed by atoms with van der Waals surface area (Å²) in [4.78, 5) is 12.8. The molecule has 2 aliphatic rings. The fourth-order valence-electron chi connectivity index (χ4n) is 3.78. The first-order valence-electron chi connectivity index (χ1n) is 8.99. The molecule has 0 atom stereocenters. The van der Waals surface area contributed by atoms with Crippen LogP contribution in [-0.4, -0.2) is 44.3 Å². The van der Waals surface area contributed by atoms with E-state index < -0.39 is 15.6 Å². The lowest BCUT2D eigenvalue weighted by atomic mass is 9.83. The standard InChI is InChI=1S/C20H20ClNO5S/c1-26-15-3-5-16(6-4-15)28(24,25)22-10-8-20(9-11-22)13-18(23)17-7-2-14(21)12-19(17)27-20/h2-7,12H,8-11,13H2,1H3. The topological polar surface area (TPSA) is 72.9 Å². The highest BCUT2D eigenvalue weighted by molar-refractivity contribution is 7.89. The van der Waals surface area contributed by atoms with E-state index in [1.54, 1.807) is 30.3 Å². The summed E-state index contributed by atoms with van der Waals surface area (Å²) in [6.45, 7) is 0.578. The number of methoxy groups -OCH3 is 1. The van der Waals surface area contributed by atoms with Gasteiger partial charge in [0.25, 0.3) is 0 Å². The van der Waals surface area contributed by atoms with Crippen LogP contribution in [0.4, 0.5) is 0 Å². The van der Waals surface area contributed by atoms with Crippen molar-refractivity contribution in [3.8, 4) is 11.5 Å². The second-order valence-electron chi connectivity index (χ2n) is 7.11. The first-order chi connectivity index (χ1) is 13.3. The molecule has 0 unspecified atom stereocenters. The molecule has 1 spiro atoms. The smallest absolute Gasteiger partial charge is 0.243 e. The van der Waals surface area contributed by atoms with Gasteiger partial charge in [-0.3, -0.25) is 4.79 Å². The summed E-state index contributed by atoms with van der Waals surface area (Å²) in [7, 11) is -2.07. The van der Waals surface area contributed by atoms with E-state index in [1.807, 2.05) is 0 Å². The third-order valence-corrected chi connectivity index (χ3v) is 7.53. The maximum absolute atomic E-state index is 12.9. The van der Waals surface area contributed by atoms with Gasteiger partial charge in [0.15, 0.2) is 5.78 Å². The molecule has 0 N–H and O–H groups in total. The summed E-state index contributed by atoms with van der Waals surface area (Å²) in [5, 5.41) is 0.503. The van der Waals surface area contributed by atoms with Gasteiger partial charge in [-0.15, -0.1) is 0 Å². The van der Waals surface area contributed by atoms with Gasteiger partial charge in [0, 0.05) is 31.0 Å². The molecule has 0 radical (unpaired) electrons. The van der Waals surface area contributed by atoms with E-state index in [9.17, 15) is 13.2 Å². The quantitative estimate of drug-likeness (QED) is 0.757. The minimum absolute atomic E-state index is 0.00405. The van der Waals surface area contributed by atoms with Crippen LogP contribution in [0.2, 0.25) is 5.02 Å².